The number of anilines is 1. The van der Waals surface area contributed by atoms with E-state index in [0.717, 1.165) is 6.42 Å². The summed E-state index contributed by atoms with van der Waals surface area (Å²) in [6, 6.07) is 4.18. The first-order valence-electron chi connectivity index (χ1n) is 5.27. The Morgan fingerprint density at radius 2 is 1.94 bits per heavy atom. The summed E-state index contributed by atoms with van der Waals surface area (Å²) < 4.78 is 28.1. The van der Waals surface area contributed by atoms with Gasteiger partial charge in [0.1, 0.15) is 11.4 Å². The second kappa shape index (κ2) is 4.54. The smallest absolute Gasteiger partial charge is 0.238 e. The van der Waals surface area contributed by atoms with E-state index in [4.69, 9.17) is 15.6 Å². The fourth-order valence-corrected chi connectivity index (χ4v) is 1.68. The highest BCUT2D eigenvalue weighted by Crippen LogP contribution is 2.29. The Bertz CT molecular complexity index is 509. The van der Waals surface area contributed by atoms with E-state index in [1.54, 1.807) is 0 Å². The molecule has 4 N–H and O–H groups in total. The van der Waals surface area contributed by atoms with Gasteiger partial charge in [-0.25, -0.2) is 13.6 Å². The van der Waals surface area contributed by atoms with Gasteiger partial charge in [-0.3, -0.25) is 0 Å². The molecule has 0 amide bonds. The number of hydrogen-bond acceptors (Lipinski definition) is 4. The van der Waals surface area contributed by atoms with E-state index in [1.165, 1.54) is 18.2 Å². The van der Waals surface area contributed by atoms with Crippen LogP contribution in [0.5, 0.6) is 5.75 Å². The summed E-state index contributed by atoms with van der Waals surface area (Å²) in [7, 11) is -3.74. The molecule has 1 aromatic carbocycles. The van der Waals surface area contributed by atoms with Crippen molar-refractivity contribution >= 4 is 15.7 Å². The molecule has 6 heteroatoms. The molecular formula is C11H18N2O3S. The van der Waals surface area contributed by atoms with Gasteiger partial charge in [0.15, 0.2) is 0 Å². The molecule has 96 valence electrons. The average Bonchev–Trinajstić information content (AvgIpc) is 2.19. The summed E-state index contributed by atoms with van der Waals surface area (Å²) in [4.78, 5) is -0.00592. The molecule has 0 aromatic heterocycles. The van der Waals surface area contributed by atoms with E-state index < -0.39 is 15.6 Å². The molecule has 0 saturated carbocycles. The maximum atomic E-state index is 11.2. The summed E-state index contributed by atoms with van der Waals surface area (Å²) >= 11 is 0. The molecule has 0 saturated heterocycles. The van der Waals surface area contributed by atoms with E-state index in [9.17, 15) is 8.42 Å². The lowest BCUT2D eigenvalue weighted by atomic mass is 10.1. The van der Waals surface area contributed by atoms with Crippen molar-refractivity contribution < 1.29 is 13.2 Å². The predicted molar refractivity (Wildman–Crippen MR) is 67.2 cm³/mol. The van der Waals surface area contributed by atoms with Gasteiger partial charge in [0.2, 0.25) is 10.0 Å². The van der Waals surface area contributed by atoms with Gasteiger partial charge in [-0.05, 0) is 32.4 Å². The topological polar surface area (TPSA) is 95.4 Å². The number of ether oxygens (including phenoxy) is 1. The van der Waals surface area contributed by atoms with Crippen molar-refractivity contribution in [3.8, 4) is 5.75 Å². The van der Waals surface area contributed by atoms with Crippen LogP contribution in [0.3, 0.4) is 0 Å². The Morgan fingerprint density at radius 1 is 1.35 bits per heavy atom. The maximum absolute atomic E-state index is 11.2. The van der Waals surface area contributed by atoms with Crippen LogP contribution in [0.15, 0.2) is 23.1 Å². The molecule has 17 heavy (non-hydrogen) atoms. The molecule has 0 aliphatic rings. The number of hydrogen-bond donors (Lipinski definition) is 2. The third kappa shape index (κ3) is 3.61. The van der Waals surface area contributed by atoms with Crippen LogP contribution in [0, 0.1) is 0 Å². The second-order valence-electron chi connectivity index (χ2n) is 4.46. The van der Waals surface area contributed by atoms with Crippen LogP contribution in [0.2, 0.25) is 0 Å². The van der Waals surface area contributed by atoms with Gasteiger partial charge in [0, 0.05) is 6.07 Å². The quantitative estimate of drug-likeness (QED) is 0.800. The molecule has 1 rings (SSSR count). The average molecular weight is 258 g/mol. The SMILES string of the molecule is CCC(C)(C)Oc1cc(S(N)(=O)=O)ccc1N. The Balaban J connectivity index is 3.17. The minimum absolute atomic E-state index is 0.00592. The Morgan fingerprint density at radius 3 is 2.41 bits per heavy atom. The van der Waals surface area contributed by atoms with Crippen molar-refractivity contribution in [2.45, 2.75) is 37.7 Å². The van der Waals surface area contributed by atoms with E-state index >= 15 is 0 Å². The predicted octanol–water partition coefficient (Wildman–Crippen LogP) is 1.48. The minimum atomic E-state index is -3.74. The molecule has 0 aliphatic carbocycles. The number of sulfonamides is 1. The van der Waals surface area contributed by atoms with E-state index in [2.05, 4.69) is 0 Å². The van der Waals surface area contributed by atoms with Gasteiger partial charge < -0.3 is 10.5 Å². The first-order chi connectivity index (χ1) is 7.65. The summed E-state index contributed by atoms with van der Waals surface area (Å²) in [5, 5.41) is 5.05. The van der Waals surface area contributed by atoms with Gasteiger partial charge in [0.05, 0.1) is 10.6 Å². The van der Waals surface area contributed by atoms with Gasteiger partial charge >= 0.3 is 0 Å². The molecule has 0 radical (unpaired) electrons. The van der Waals surface area contributed by atoms with E-state index in [-0.39, 0.29) is 4.90 Å². The summed E-state index contributed by atoms with van der Waals surface area (Å²) in [5.74, 6) is 0.336. The molecule has 0 fully saturated rings. The van der Waals surface area contributed by atoms with Crippen LogP contribution < -0.4 is 15.6 Å². The van der Waals surface area contributed by atoms with Crippen molar-refractivity contribution in [1.82, 2.24) is 0 Å². The Kier molecular flexibility index (Phi) is 3.68. The van der Waals surface area contributed by atoms with Gasteiger partial charge in [0.25, 0.3) is 0 Å². The van der Waals surface area contributed by atoms with Crippen LogP contribution in [0.4, 0.5) is 5.69 Å². The first kappa shape index (κ1) is 13.8. The highest BCUT2D eigenvalue weighted by atomic mass is 32.2. The largest absolute Gasteiger partial charge is 0.486 e. The summed E-state index contributed by atoms with van der Waals surface area (Å²) in [6.45, 7) is 5.77. The zero-order valence-electron chi connectivity index (χ0n) is 10.2. The summed E-state index contributed by atoms with van der Waals surface area (Å²) in [5.41, 5.74) is 5.71. The lowest BCUT2D eigenvalue weighted by molar-refractivity contribution is 0.106. The van der Waals surface area contributed by atoms with E-state index in [1.807, 2.05) is 20.8 Å². The molecule has 1 aromatic rings. The first-order valence-corrected chi connectivity index (χ1v) is 6.82. The van der Waals surface area contributed by atoms with Crippen LogP contribution in [0.1, 0.15) is 27.2 Å². The molecule has 5 nitrogen and oxygen atoms in total. The third-order valence-corrected chi connectivity index (χ3v) is 3.46. The maximum Gasteiger partial charge on any atom is 0.238 e. The molecular weight excluding hydrogens is 240 g/mol. The van der Waals surface area contributed by atoms with Crippen molar-refractivity contribution in [2.75, 3.05) is 5.73 Å². The fraction of sp³-hybridized carbons (Fsp3) is 0.455. The van der Waals surface area contributed by atoms with Crippen LogP contribution in [-0.2, 0) is 10.0 Å². The fourth-order valence-electron chi connectivity index (χ4n) is 1.15. The van der Waals surface area contributed by atoms with E-state index in [0.29, 0.717) is 11.4 Å². The Hall–Kier alpha value is -1.27. The number of nitrogens with two attached hydrogens (primary N) is 2. The highest BCUT2D eigenvalue weighted by molar-refractivity contribution is 7.89. The van der Waals surface area contributed by atoms with Crippen molar-refractivity contribution in [2.24, 2.45) is 5.14 Å². The lowest BCUT2D eigenvalue weighted by Crippen LogP contribution is -2.27. The monoisotopic (exact) mass is 258 g/mol. The zero-order valence-corrected chi connectivity index (χ0v) is 11.0. The molecule has 0 heterocycles. The van der Waals surface area contributed by atoms with Crippen LogP contribution in [-0.4, -0.2) is 14.0 Å². The lowest BCUT2D eigenvalue weighted by Gasteiger charge is -2.25. The molecule has 0 aliphatic heterocycles. The van der Waals surface area contributed by atoms with Gasteiger partial charge in [-0.2, -0.15) is 0 Å². The minimum Gasteiger partial charge on any atom is -0.486 e. The third-order valence-electron chi connectivity index (χ3n) is 2.55. The van der Waals surface area contributed by atoms with Crippen LogP contribution >= 0.6 is 0 Å². The molecule has 0 atom stereocenters. The number of primary sulfonamides is 1. The van der Waals surface area contributed by atoms with Crippen LogP contribution in [0.25, 0.3) is 0 Å². The number of nitrogen functional groups attached to an aromatic ring is 1. The highest BCUT2D eigenvalue weighted by Gasteiger charge is 2.19. The standard InChI is InChI=1S/C11H18N2O3S/c1-4-11(2,3)16-10-7-8(17(13,14)15)5-6-9(10)12/h5-7H,4,12H2,1-3H3,(H2,13,14,15). The molecule has 0 bridgehead atoms. The van der Waals surface area contributed by atoms with Crippen molar-refractivity contribution in [1.29, 1.82) is 0 Å². The molecule has 0 spiro atoms. The van der Waals surface area contributed by atoms with Gasteiger partial charge in [-0.1, -0.05) is 6.92 Å². The van der Waals surface area contributed by atoms with Crippen molar-refractivity contribution in [3.05, 3.63) is 18.2 Å². The Labute approximate surface area is 102 Å². The number of rotatable bonds is 4. The molecule has 0 unspecified atom stereocenters. The van der Waals surface area contributed by atoms with Gasteiger partial charge in [-0.15, -0.1) is 0 Å². The zero-order chi connectivity index (χ0) is 13.3. The normalized spacial score (nSPS) is 12.5. The van der Waals surface area contributed by atoms with Crippen molar-refractivity contribution in [3.63, 3.8) is 0 Å². The number of benzene rings is 1. The summed E-state index contributed by atoms with van der Waals surface area (Å²) in [6.07, 6.45) is 0.770. The second-order valence-corrected chi connectivity index (χ2v) is 6.02.